The number of halogens is 4. The van der Waals surface area contributed by atoms with Crippen molar-refractivity contribution in [1.82, 2.24) is 14.8 Å². The second kappa shape index (κ2) is 9.93. The Morgan fingerprint density at radius 3 is 2.56 bits per heavy atom. The molecule has 3 aromatic rings. The number of nitrogens with zero attached hydrogens (tertiary/aromatic N) is 2. The third-order valence-corrected chi connectivity index (χ3v) is 6.21. The van der Waals surface area contributed by atoms with Crippen molar-refractivity contribution in [2.24, 2.45) is 0 Å². The molecule has 0 saturated carbocycles. The predicted octanol–water partition coefficient (Wildman–Crippen LogP) is 5.19. The van der Waals surface area contributed by atoms with Crippen molar-refractivity contribution in [3.63, 3.8) is 0 Å². The summed E-state index contributed by atoms with van der Waals surface area (Å²) in [4.78, 5) is 27.2. The molecule has 4 rings (SSSR count). The molecule has 1 aromatic heterocycles. The third-order valence-electron chi connectivity index (χ3n) is 5.87. The van der Waals surface area contributed by atoms with Crippen LogP contribution in [0.3, 0.4) is 0 Å². The van der Waals surface area contributed by atoms with Gasteiger partial charge in [-0.05, 0) is 41.5 Å². The maximum absolute atomic E-state index is 13.1. The molecule has 9 heteroatoms. The van der Waals surface area contributed by atoms with Crippen molar-refractivity contribution in [2.45, 2.75) is 38.1 Å². The number of carbonyl (C=O) groups excluding carboxylic acids is 2. The lowest BCUT2D eigenvalue weighted by atomic mass is 9.99. The lowest BCUT2D eigenvalue weighted by Gasteiger charge is -2.37. The predicted molar refractivity (Wildman–Crippen MR) is 122 cm³/mol. The first-order valence-electron chi connectivity index (χ1n) is 10.9. The molecular formula is C25H23ClF3N3O2. The van der Waals surface area contributed by atoms with Crippen molar-refractivity contribution < 1.29 is 22.8 Å². The highest BCUT2D eigenvalue weighted by atomic mass is 35.5. The largest absolute Gasteiger partial charge is 0.416 e. The van der Waals surface area contributed by atoms with Gasteiger partial charge in [-0.15, -0.1) is 0 Å². The van der Waals surface area contributed by atoms with E-state index in [2.05, 4.69) is 9.88 Å². The zero-order valence-electron chi connectivity index (χ0n) is 18.2. The van der Waals surface area contributed by atoms with Crippen molar-refractivity contribution in [1.29, 1.82) is 0 Å². The smallest absolute Gasteiger partial charge is 0.352 e. The molecule has 178 valence electrons. The Morgan fingerprint density at radius 1 is 1.00 bits per heavy atom. The first-order valence-corrected chi connectivity index (χ1v) is 11.2. The standard InChI is InChI=1S/C25H23ClF3N3O2/c26-20-8-2-1-7-19(20)24-21-9-4-12-31(21)13-14-32(24)23(34)11-10-22(33)30-16-17-5-3-6-18(15-17)25(27,28)29/h1-9,12,15,24H,10-11,13-14,16H2,(H,30,33)/t24-/m0/s1. The molecule has 34 heavy (non-hydrogen) atoms. The Balaban J connectivity index is 1.39. The van der Waals surface area contributed by atoms with Crippen LogP contribution in [-0.4, -0.2) is 27.8 Å². The number of hydrogen-bond donors (Lipinski definition) is 1. The second-order valence-corrected chi connectivity index (χ2v) is 8.52. The number of amides is 2. The highest BCUT2D eigenvalue weighted by Gasteiger charge is 2.33. The van der Waals surface area contributed by atoms with Crippen molar-refractivity contribution in [3.8, 4) is 0 Å². The minimum atomic E-state index is -4.45. The first-order chi connectivity index (χ1) is 16.2. The molecule has 2 amide bonds. The summed E-state index contributed by atoms with van der Waals surface area (Å²) in [6, 6.07) is 15.7. The Morgan fingerprint density at radius 2 is 1.79 bits per heavy atom. The van der Waals surface area contributed by atoms with Crippen LogP contribution in [0.15, 0.2) is 66.9 Å². The highest BCUT2D eigenvalue weighted by Crippen LogP contribution is 2.36. The number of rotatable bonds is 6. The lowest BCUT2D eigenvalue weighted by Crippen LogP contribution is -2.42. The van der Waals surface area contributed by atoms with Gasteiger partial charge in [0.1, 0.15) is 0 Å². The molecule has 1 aliphatic rings. The number of carbonyl (C=O) groups is 2. The molecule has 0 unspecified atom stereocenters. The van der Waals surface area contributed by atoms with Crippen molar-refractivity contribution in [2.75, 3.05) is 6.54 Å². The summed E-state index contributed by atoms with van der Waals surface area (Å²) in [5.41, 5.74) is 1.33. The van der Waals surface area contributed by atoms with E-state index in [4.69, 9.17) is 11.6 Å². The molecule has 0 aliphatic carbocycles. The first kappa shape index (κ1) is 23.9. The SMILES string of the molecule is O=C(CCC(=O)N1CCn2cccc2[C@@H]1c1ccccc1Cl)NCc1cccc(C(F)(F)F)c1. The molecule has 5 nitrogen and oxygen atoms in total. The highest BCUT2D eigenvalue weighted by molar-refractivity contribution is 6.31. The second-order valence-electron chi connectivity index (χ2n) is 8.11. The number of fused-ring (bicyclic) bond motifs is 1. The van der Waals surface area contributed by atoms with E-state index in [1.807, 2.05) is 36.5 Å². The molecule has 0 saturated heterocycles. The molecule has 2 heterocycles. The molecule has 1 N–H and O–H groups in total. The molecule has 1 aliphatic heterocycles. The summed E-state index contributed by atoms with van der Waals surface area (Å²) in [6.07, 6.45) is -2.57. The number of alkyl halides is 3. The van der Waals surface area contributed by atoms with Crippen LogP contribution in [0, 0.1) is 0 Å². The topological polar surface area (TPSA) is 54.3 Å². The van der Waals surface area contributed by atoms with Gasteiger partial charge < -0.3 is 14.8 Å². The Kier molecular flexibility index (Phi) is 6.97. The van der Waals surface area contributed by atoms with Gasteiger partial charge in [0.05, 0.1) is 11.6 Å². The Labute approximate surface area is 200 Å². The molecule has 0 fully saturated rings. The van der Waals surface area contributed by atoms with Gasteiger partial charge in [0, 0.05) is 49.4 Å². The van der Waals surface area contributed by atoms with Gasteiger partial charge in [0.25, 0.3) is 0 Å². The minimum absolute atomic E-state index is 0.0178. The van der Waals surface area contributed by atoms with E-state index >= 15 is 0 Å². The van der Waals surface area contributed by atoms with Crippen LogP contribution in [-0.2, 0) is 28.9 Å². The van der Waals surface area contributed by atoms with Crippen LogP contribution in [0.25, 0.3) is 0 Å². The monoisotopic (exact) mass is 489 g/mol. The summed E-state index contributed by atoms with van der Waals surface area (Å²) in [7, 11) is 0. The summed E-state index contributed by atoms with van der Waals surface area (Å²) in [5, 5.41) is 3.15. The fraction of sp³-hybridized carbons (Fsp3) is 0.280. The van der Waals surface area contributed by atoms with Crippen LogP contribution >= 0.6 is 11.6 Å². The molecule has 1 atom stereocenters. The molecule has 0 bridgehead atoms. The molecule has 0 spiro atoms. The van der Waals surface area contributed by atoms with Gasteiger partial charge in [-0.1, -0.05) is 41.9 Å². The Bertz CT molecular complexity index is 1190. The third kappa shape index (κ3) is 5.28. The normalized spacial score (nSPS) is 15.6. The average Bonchev–Trinajstić information content (AvgIpc) is 3.30. The van der Waals surface area contributed by atoms with Crippen LogP contribution in [0.1, 0.15) is 41.3 Å². The fourth-order valence-corrected chi connectivity index (χ4v) is 4.43. The van der Waals surface area contributed by atoms with Crippen molar-refractivity contribution >= 4 is 23.4 Å². The van der Waals surface area contributed by atoms with Gasteiger partial charge in [-0.3, -0.25) is 9.59 Å². The van der Waals surface area contributed by atoms with Crippen LogP contribution in [0.5, 0.6) is 0 Å². The maximum atomic E-state index is 13.1. The maximum Gasteiger partial charge on any atom is 0.416 e. The average molecular weight is 490 g/mol. The lowest BCUT2D eigenvalue weighted by molar-refractivity contribution is -0.137. The van der Waals surface area contributed by atoms with Crippen LogP contribution in [0.4, 0.5) is 13.2 Å². The summed E-state index contributed by atoms with van der Waals surface area (Å²) < 4.78 is 40.7. The van der Waals surface area contributed by atoms with E-state index in [9.17, 15) is 22.8 Å². The summed E-state index contributed by atoms with van der Waals surface area (Å²) in [6.45, 7) is 1.06. The number of aromatic nitrogens is 1. The van der Waals surface area contributed by atoms with Crippen LogP contribution in [0.2, 0.25) is 5.02 Å². The summed E-state index contributed by atoms with van der Waals surface area (Å²) in [5.74, 6) is -0.591. The van der Waals surface area contributed by atoms with E-state index < -0.39 is 17.6 Å². The zero-order valence-corrected chi connectivity index (χ0v) is 18.9. The van der Waals surface area contributed by atoms with Gasteiger partial charge in [0.15, 0.2) is 0 Å². The van der Waals surface area contributed by atoms with E-state index in [1.165, 1.54) is 12.1 Å². The quantitative estimate of drug-likeness (QED) is 0.518. The van der Waals surface area contributed by atoms with Crippen molar-refractivity contribution in [3.05, 3.63) is 94.3 Å². The van der Waals surface area contributed by atoms with E-state index in [0.717, 1.165) is 23.4 Å². The zero-order chi connectivity index (χ0) is 24.3. The van der Waals surface area contributed by atoms with Crippen LogP contribution < -0.4 is 5.32 Å². The number of benzene rings is 2. The Hall–Kier alpha value is -3.26. The van der Waals surface area contributed by atoms with E-state index in [1.54, 1.807) is 11.0 Å². The van der Waals surface area contributed by atoms with Gasteiger partial charge in [-0.2, -0.15) is 13.2 Å². The molecular weight excluding hydrogens is 467 g/mol. The minimum Gasteiger partial charge on any atom is -0.352 e. The van der Waals surface area contributed by atoms with Gasteiger partial charge in [-0.25, -0.2) is 0 Å². The van der Waals surface area contributed by atoms with Gasteiger partial charge in [0.2, 0.25) is 11.8 Å². The van der Waals surface area contributed by atoms with E-state index in [-0.39, 0.29) is 31.3 Å². The van der Waals surface area contributed by atoms with E-state index in [0.29, 0.717) is 23.7 Å². The van der Waals surface area contributed by atoms with Gasteiger partial charge >= 0.3 is 6.18 Å². The summed E-state index contributed by atoms with van der Waals surface area (Å²) >= 11 is 6.45. The molecule has 2 aromatic carbocycles. The fourth-order valence-electron chi connectivity index (χ4n) is 4.19. The number of nitrogens with one attached hydrogen (secondary N) is 1. The number of hydrogen-bond acceptors (Lipinski definition) is 2. The molecule has 0 radical (unpaired) electrons.